The molecule has 2 aromatic carbocycles. The third-order valence-corrected chi connectivity index (χ3v) is 5.09. The summed E-state index contributed by atoms with van der Waals surface area (Å²) in [4.78, 5) is 70.8. The van der Waals surface area contributed by atoms with Gasteiger partial charge >= 0.3 is 6.09 Å². The molecule has 0 aliphatic carbocycles. The molecule has 2 atom stereocenters. The van der Waals surface area contributed by atoms with Crippen molar-refractivity contribution >= 4 is 35.5 Å². The molecule has 5 N–H and O–H groups in total. The van der Waals surface area contributed by atoms with E-state index in [0.717, 1.165) is 5.56 Å². The van der Waals surface area contributed by atoms with E-state index in [1.165, 1.54) is 19.4 Å². The number of rotatable bonds is 12. The van der Waals surface area contributed by atoms with E-state index < -0.39 is 54.1 Å². The fourth-order valence-electron chi connectivity index (χ4n) is 2.99. The molecule has 2 aromatic rings. The van der Waals surface area contributed by atoms with Gasteiger partial charge in [-0.2, -0.15) is 0 Å². The molecule has 5 amide bonds. The molecular formula is C31H41N5O7. The third kappa shape index (κ3) is 18.7. The molecule has 2 rings (SSSR count). The van der Waals surface area contributed by atoms with Crippen molar-refractivity contribution in [3.63, 3.8) is 0 Å². The Balaban J connectivity index is 0.00000168. The van der Waals surface area contributed by atoms with Gasteiger partial charge in [-0.15, -0.1) is 6.42 Å². The number of terminal acetylenes is 1. The van der Waals surface area contributed by atoms with Gasteiger partial charge in [0.25, 0.3) is 0 Å². The minimum absolute atomic E-state index is 0.0392. The molecule has 0 spiro atoms. The Hall–Kier alpha value is -5.18. The Bertz CT molecular complexity index is 1210. The van der Waals surface area contributed by atoms with Crippen molar-refractivity contribution in [3.05, 3.63) is 71.8 Å². The van der Waals surface area contributed by atoms with E-state index in [1.54, 1.807) is 30.3 Å². The van der Waals surface area contributed by atoms with E-state index in [-0.39, 0.29) is 19.7 Å². The number of ketones is 1. The van der Waals surface area contributed by atoms with Crippen LogP contribution in [0.2, 0.25) is 0 Å². The van der Waals surface area contributed by atoms with Crippen molar-refractivity contribution in [2.24, 2.45) is 0 Å². The van der Waals surface area contributed by atoms with Crippen LogP contribution in [0.4, 0.5) is 4.79 Å². The summed E-state index contributed by atoms with van der Waals surface area (Å²) in [6.07, 6.45) is 4.15. The molecule has 232 valence electrons. The Labute approximate surface area is 252 Å². The zero-order valence-electron chi connectivity index (χ0n) is 25.2. The van der Waals surface area contributed by atoms with Crippen LogP contribution in [0.1, 0.15) is 38.8 Å². The van der Waals surface area contributed by atoms with E-state index in [4.69, 9.17) is 11.2 Å². The van der Waals surface area contributed by atoms with Crippen molar-refractivity contribution in [1.29, 1.82) is 0 Å². The van der Waals surface area contributed by atoms with Crippen LogP contribution in [-0.2, 0) is 35.3 Å². The van der Waals surface area contributed by atoms with Gasteiger partial charge in [0.15, 0.2) is 0 Å². The molecular weight excluding hydrogens is 554 g/mol. The smallest absolute Gasteiger partial charge is 0.408 e. The average Bonchev–Trinajstić information content (AvgIpc) is 3.00. The summed E-state index contributed by atoms with van der Waals surface area (Å²) in [6.45, 7) is 7.45. The molecule has 0 aliphatic heterocycles. The summed E-state index contributed by atoms with van der Waals surface area (Å²) in [5.74, 6) is -1.33. The zero-order chi connectivity index (χ0) is 32.6. The lowest BCUT2D eigenvalue weighted by Gasteiger charge is -2.19. The van der Waals surface area contributed by atoms with Crippen LogP contribution in [0.25, 0.3) is 0 Å². The normalized spacial score (nSPS) is 10.7. The van der Waals surface area contributed by atoms with Gasteiger partial charge in [0.05, 0.1) is 6.54 Å². The maximum absolute atomic E-state index is 12.5. The zero-order valence-corrected chi connectivity index (χ0v) is 25.2. The largest absolute Gasteiger partial charge is 0.445 e. The van der Waals surface area contributed by atoms with Gasteiger partial charge in [0.2, 0.25) is 29.4 Å². The summed E-state index contributed by atoms with van der Waals surface area (Å²) in [6, 6.07) is 16.7. The predicted molar refractivity (Wildman–Crippen MR) is 162 cm³/mol. The summed E-state index contributed by atoms with van der Waals surface area (Å²) in [5.41, 5.74) is 2.05. The number of benzene rings is 2. The van der Waals surface area contributed by atoms with Gasteiger partial charge in [-0.25, -0.2) is 4.79 Å². The van der Waals surface area contributed by atoms with Gasteiger partial charge in [0, 0.05) is 26.9 Å². The second kappa shape index (κ2) is 22.5. The Morgan fingerprint density at radius 3 is 1.74 bits per heavy atom. The van der Waals surface area contributed by atoms with E-state index in [0.29, 0.717) is 0 Å². The minimum atomic E-state index is -1.25. The number of aryl methyl sites for hydroxylation is 1. The average molecular weight is 596 g/mol. The first kappa shape index (κ1) is 37.8. The molecule has 0 saturated carbocycles. The first-order valence-electron chi connectivity index (χ1n) is 13.6. The highest BCUT2D eigenvalue weighted by Crippen LogP contribution is 2.01. The number of hydrogen-bond acceptors (Lipinski definition) is 7. The van der Waals surface area contributed by atoms with Crippen molar-refractivity contribution in [1.82, 2.24) is 26.6 Å². The number of amides is 5. The highest BCUT2D eigenvalue weighted by molar-refractivity contribution is 6.02. The maximum Gasteiger partial charge on any atom is 0.408 e. The van der Waals surface area contributed by atoms with Gasteiger partial charge in [0.1, 0.15) is 18.7 Å². The summed E-state index contributed by atoms with van der Waals surface area (Å²) >= 11 is 0. The number of hydrogen-bond donors (Lipinski definition) is 5. The molecule has 0 aliphatic rings. The molecule has 43 heavy (non-hydrogen) atoms. The standard InChI is InChI=1S/C22H27N5O7.C7H8.C2H6/c1-4-19(30)17(10-23-14(2)28)26-20(31)12-25-21(32)18(11-24-15(3)29)27-22(33)34-13-16-8-6-5-7-9-16;1-7-5-3-2-4-6-7;1-2/h1,5-9,17-18H,10-13H2,2-3H3,(H,23,28)(H,24,29)(H,25,32)(H,26,31)(H,27,33);2-6H,1H3;1-2H3. The molecule has 2 unspecified atom stereocenters. The fourth-order valence-corrected chi connectivity index (χ4v) is 2.99. The van der Waals surface area contributed by atoms with Crippen LogP contribution < -0.4 is 26.6 Å². The highest BCUT2D eigenvalue weighted by atomic mass is 16.5. The lowest BCUT2D eigenvalue weighted by Crippen LogP contribution is -2.55. The monoisotopic (exact) mass is 595 g/mol. The minimum Gasteiger partial charge on any atom is -0.445 e. The Morgan fingerprint density at radius 1 is 0.767 bits per heavy atom. The van der Waals surface area contributed by atoms with Crippen LogP contribution in [0, 0.1) is 19.3 Å². The van der Waals surface area contributed by atoms with Crippen LogP contribution in [0.3, 0.4) is 0 Å². The van der Waals surface area contributed by atoms with Crippen LogP contribution in [0.15, 0.2) is 60.7 Å². The van der Waals surface area contributed by atoms with E-state index >= 15 is 0 Å². The number of Topliss-reactive ketones (excluding diaryl/α,β-unsaturated/α-hetero) is 1. The summed E-state index contributed by atoms with van der Waals surface area (Å²) < 4.78 is 5.07. The molecule has 12 heteroatoms. The predicted octanol–water partition coefficient (Wildman–Crippen LogP) is 1.38. The number of carbonyl (C=O) groups is 6. The lowest BCUT2D eigenvalue weighted by atomic mass is 10.2. The maximum atomic E-state index is 12.5. The van der Waals surface area contributed by atoms with Crippen LogP contribution >= 0.6 is 0 Å². The molecule has 0 saturated heterocycles. The Morgan fingerprint density at radius 2 is 1.28 bits per heavy atom. The second-order valence-electron chi connectivity index (χ2n) is 8.63. The fraction of sp³-hybridized carbons (Fsp3) is 0.355. The third-order valence-electron chi connectivity index (χ3n) is 5.09. The van der Waals surface area contributed by atoms with Crippen LogP contribution in [-0.4, -0.2) is 67.2 Å². The number of nitrogens with one attached hydrogen (secondary N) is 5. The number of alkyl carbamates (subject to hydrolysis) is 1. The van der Waals surface area contributed by atoms with E-state index in [1.807, 2.05) is 38.0 Å². The summed E-state index contributed by atoms with van der Waals surface area (Å²) in [7, 11) is 0. The molecule has 0 aromatic heterocycles. The summed E-state index contributed by atoms with van der Waals surface area (Å²) in [5, 5.41) is 11.7. The molecule has 0 heterocycles. The quantitative estimate of drug-likeness (QED) is 0.182. The molecule has 12 nitrogen and oxygen atoms in total. The van der Waals surface area contributed by atoms with Gasteiger partial charge in [-0.05, 0) is 18.4 Å². The van der Waals surface area contributed by atoms with E-state index in [9.17, 15) is 28.8 Å². The van der Waals surface area contributed by atoms with Crippen molar-refractivity contribution in [3.8, 4) is 12.3 Å². The van der Waals surface area contributed by atoms with Crippen LogP contribution in [0.5, 0.6) is 0 Å². The van der Waals surface area contributed by atoms with Crippen molar-refractivity contribution < 1.29 is 33.5 Å². The molecule has 0 bridgehead atoms. The topological polar surface area (TPSA) is 172 Å². The Kier molecular flexibility index (Phi) is 19.8. The van der Waals surface area contributed by atoms with E-state index in [2.05, 4.69) is 45.6 Å². The van der Waals surface area contributed by atoms with Gasteiger partial charge in [-0.3, -0.25) is 24.0 Å². The molecule has 0 fully saturated rings. The van der Waals surface area contributed by atoms with Gasteiger partial charge in [-0.1, -0.05) is 80.1 Å². The SMILES string of the molecule is C#CC(=O)C(CNC(C)=O)NC(=O)CNC(=O)C(CNC(C)=O)NC(=O)OCc1ccccc1.CC.Cc1ccccc1. The first-order valence-corrected chi connectivity index (χ1v) is 13.6. The lowest BCUT2D eigenvalue weighted by molar-refractivity contribution is -0.128. The molecule has 0 radical (unpaired) electrons. The second-order valence-corrected chi connectivity index (χ2v) is 8.63. The first-order chi connectivity index (χ1) is 20.5. The number of carbonyl (C=O) groups excluding carboxylic acids is 6. The van der Waals surface area contributed by atoms with Crippen molar-refractivity contribution in [2.45, 2.75) is 53.3 Å². The van der Waals surface area contributed by atoms with Crippen molar-refractivity contribution in [2.75, 3.05) is 19.6 Å². The van der Waals surface area contributed by atoms with Gasteiger partial charge < -0.3 is 31.3 Å². The highest BCUT2D eigenvalue weighted by Gasteiger charge is 2.24. The number of ether oxygens (including phenoxy) is 1.